The minimum Gasteiger partial charge on any atom is -0.362 e. The van der Waals surface area contributed by atoms with Crippen LogP contribution in [0, 0.1) is 6.92 Å². The molecule has 0 amide bonds. The summed E-state index contributed by atoms with van der Waals surface area (Å²) in [5.74, 6) is 0. The van der Waals surface area contributed by atoms with Crippen LogP contribution in [0.5, 0.6) is 0 Å². The van der Waals surface area contributed by atoms with Crippen molar-refractivity contribution in [3.8, 4) is 0 Å². The zero-order chi connectivity index (χ0) is 11.3. The molecule has 3 rings (SSSR count). The lowest BCUT2D eigenvalue weighted by Crippen LogP contribution is -2.57. The molecule has 0 aromatic carbocycles. The van der Waals surface area contributed by atoms with Crippen molar-refractivity contribution in [2.75, 3.05) is 18.0 Å². The Morgan fingerprint density at radius 3 is 2.94 bits per heavy atom. The van der Waals surface area contributed by atoms with Crippen LogP contribution in [0.4, 0.5) is 10.1 Å². The quantitative estimate of drug-likeness (QED) is 0.760. The minimum atomic E-state index is -1.36. The first-order valence-corrected chi connectivity index (χ1v) is 5.22. The lowest BCUT2D eigenvalue weighted by molar-refractivity contribution is 0.177. The van der Waals surface area contributed by atoms with E-state index in [9.17, 15) is 4.39 Å². The Labute approximate surface area is 96.6 Å². The van der Waals surface area contributed by atoms with Crippen molar-refractivity contribution in [3.05, 3.63) is 30.5 Å². The van der Waals surface area contributed by atoms with Gasteiger partial charge in [0.05, 0.1) is 18.8 Å². The van der Waals surface area contributed by atoms with Crippen molar-refractivity contribution < 1.29 is 4.39 Å². The fraction of sp³-hybridized carbons (Fsp3) is 0.300. The fourth-order valence-electron chi connectivity index (χ4n) is 1.91. The van der Waals surface area contributed by atoms with Gasteiger partial charge in [0.15, 0.2) is 10.8 Å². The van der Waals surface area contributed by atoms with Gasteiger partial charge in [0.2, 0.25) is 0 Å². The van der Waals surface area contributed by atoms with Gasteiger partial charge in [-0.3, -0.25) is 0 Å². The third-order valence-electron chi connectivity index (χ3n) is 2.60. The van der Waals surface area contributed by atoms with E-state index >= 15 is 0 Å². The molecule has 2 aromatic heterocycles. The van der Waals surface area contributed by atoms with Gasteiger partial charge in [-0.1, -0.05) is 11.6 Å². The lowest BCUT2D eigenvalue weighted by Gasteiger charge is -2.43. The van der Waals surface area contributed by atoms with Crippen LogP contribution in [0.1, 0.15) is 0 Å². The molecule has 6 heteroatoms. The summed E-state index contributed by atoms with van der Waals surface area (Å²) >= 11 is 5.88. The van der Waals surface area contributed by atoms with Gasteiger partial charge in [-0.25, -0.2) is 13.9 Å². The van der Waals surface area contributed by atoms with Crippen molar-refractivity contribution in [1.29, 1.82) is 0 Å². The summed E-state index contributed by atoms with van der Waals surface area (Å²) in [6.45, 7) is 3.98. The van der Waals surface area contributed by atoms with Gasteiger partial charge in [0.25, 0.3) is 0 Å². The summed E-state index contributed by atoms with van der Waals surface area (Å²) in [5.41, 5.74) is 0.112. The Morgan fingerprint density at radius 1 is 1.50 bits per heavy atom. The molecule has 0 aliphatic carbocycles. The number of nitrogens with zero attached hydrogens (tertiary/aromatic N) is 4. The second kappa shape index (κ2) is 3.07. The fourth-order valence-corrected chi connectivity index (χ4v) is 2.10. The predicted molar refractivity (Wildman–Crippen MR) is 59.4 cm³/mol. The van der Waals surface area contributed by atoms with Crippen LogP contribution in [0.15, 0.2) is 18.5 Å². The highest BCUT2D eigenvalue weighted by Crippen LogP contribution is 2.32. The molecule has 0 saturated carbocycles. The summed E-state index contributed by atoms with van der Waals surface area (Å²) < 4.78 is 14.9. The summed E-state index contributed by atoms with van der Waals surface area (Å²) in [5, 5.41) is 4.42. The van der Waals surface area contributed by atoms with E-state index in [1.807, 2.05) is 4.90 Å². The molecule has 0 N–H and O–H groups in total. The molecule has 1 aliphatic rings. The van der Waals surface area contributed by atoms with E-state index in [1.54, 1.807) is 23.0 Å². The Hall–Kier alpha value is -1.36. The molecule has 1 aliphatic heterocycles. The van der Waals surface area contributed by atoms with E-state index in [-0.39, 0.29) is 13.1 Å². The predicted octanol–water partition coefficient (Wildman–Crippen LogP) is 1.75. The van der Waals surface area contributed by atoms with Crippen LogP contribution >= 0.6 is 11.6 Å². The summed E-state index contributed by atoms with van der Waals surface area (Å²) in [6.07, 6.45) is 3.34. The smallest absolute Gasteiger partial charge is 0.177 e. The van der Waals surface area contributed by atoms with Gasteiger partial charge < -0.3 is 4.90 Å². The number of anilines is 1. The number of halogens is 2. The number of fused-ring (bicyclic) bond motifs is 1. The molecule has 1 saturated heterocycles. The first-order chi connectivity index (χ1) is 7.55. The Balaban J connectivity index is 2.06. The molecule has 0 spiro atoms. The molecule has 4 nitrogen and oxygen atoms in total. The maximum absolute atomic E-state index is 13.3. The molecule has 0 unspecified atom stereocenters. The van der Waals surface area contributed by atoms with Crippen LogP contribution in [-0.2, 0) is 0 Å². The Bertz CT molecular complexity index is 543. The standard InChI is InChI=1S/C10H9ClFN4/c1-10(12)5-15(6-10)7-4-8(11)14-16-3-2-13-9(7)16/h2-4H,1,5-6H2. The molecular weight excluding hydrogens is 231 g/mol. The number of imidazole rings is 1. The summed E-state index contributed by atoms with van der Waals surface area (Å²) in [7, 11) is 0. The lowest BCUT2D eigenvalue weighted by atomic mass is 9.98. The molecule has 83 valence electrons. The SMILES string of the molecule is [CH2]C1(F)CN(c2cc(Cl)nn3ccnc23)C1. The zero-order valence-electron chi connectivity index (χ0n) is 8.40. The van der Waals surface area contributed by atoms with Gasteiger partial charge in [-0.15, -0.1) is 0 Å². The van der Waals surface area contributed by atoms with Crippen LogP contribution in [0.3, 0.4) is 0 Å². The normalized spacial score (nSPS) is 18.8. The highest BCUT2D eigenvalue weighted by atomic mass is 35.5. The third kappa shape index (κ3) is 1.43. The average molecular weight is 240 g/mol. The molecule has 0 bridgehead atoms. The molecule has 3 heterocycles. The van der Waals surface area contributed by atoms with Crippen molar-refractivity contribution >= 4 is 22.9 Å². The Kier molecular flexibility index (Phi) is 1.89. The van der Waals surface area contributed by atoms with E-state index in [0.717, 1.165) is 5.69 Å². The van der Waals surface area contributed by atoms with Crippen molar-refractivity contribution in [3.63, 3.8) is 0 Å². The van der Waals surface area contributed by atoms with E-state index in [4.69, 9.17) is 11.6 Å². The Morgan fingerprint density at radius 2 is 2.25 bits per heavy atom. The van der Waals surface area contributed by atoms with Crippen LogP contribution < -0.4 is 4.90 Å². The number of aromatic nitrogens is 3. The minimum absolute atomic E-state index is 0.260. The van der Waals surface area contributed by atoms with E-state index in [2.05, 4.69) is 17.0 Å². The third-order valence-corrected chi connectivity index (χ3v) is 2.78. The second-order valence-corrected chi connectivity index (χ2v) is 4.44. The van der Waals surface area contributed by atoms with Crippen molar-refractivity contribution in [2.45, 2.75) is 5.67 Å². The number of hydrogen-bond acceptors (Lipinski definition) is 3. The van der Waals surface area contributed by atoms with Crippen LogP contribution in [0.25, 0.3) is 5.65 Å². The zero-order valence-corrected chi connectivity index (χ0v) is 9.15. The van der Waals surface area contributed by atoms with Crippen molar-refractivity contribution in [1.82, 2.24) is 14.6 Å². The maximum Gasteiger partial charge on any atom is 0.177 e. The van der Waals surface area contributed by atoms with E-state index in [0.29, 0.717) is 10.8 Å². The number of hydrogen-bond donors (Lipinski definition) is 0. The van der Waals surface area contributed by atoms with E-state index in [1.165, 1.54) is 0 Å². The monoisotopic (exact) mass is 239 g/mol. The molecule has 2 aromatic rings. The van der Waals surface area contributed by atoms with Crippen molar-refractivity contribution in [2.24, 2.45) is 0 Å². The molecular formula is C10H9ClFN4. The molecule has 0 atom stereocenters. The molecule has 16 heavy (non-hydrogen) atoms. The highest BCUT2D eigenvalue weighted by Gasteiger charge is 2.40. The van der Waals surface area contributed by atoms with Crippen LogP contribution in [-0.4, -0.2) is 33.4 Å². The average Bonchev–Trinajstić information content (AvgIpc) is 2.60. The van der Waals surface area contributed by atoms with Gasteiger partial charge in [0, 0.05) is 18.5 Å². The van der Waals surface area contributed by atoms with Gasteiger partial charge in [-0.2, -0.15) is 5.10 Å². The van der Waals surface area contributed by atoms with E-state index < -0.39 is 5.67 Å². The topological polar surface area (TPSA) is 33.4 Å². The number of rotatable bonds is 1. The summed E-state index contributed by atoms with van der Waals surface area (Å²) in [4.78, 5) is 6.02. The van der Waals surface area contributed by atoms with Gasteiger partial charge in [-0.05, 0) is 6.92 Å². The summed E-state index contributed by atoms with van der Waals surface area (Å²) in [6, 6.07) is 1.69. The van der Waals surface area contributed by atoms with Crippen LogP contribution in [0.2, 0.25) is 5.15 Å². The molecule has 1 radical (unpaired) electrons. The number of alkyl halides is 1. The van der Waals surface area contributed by atoms with Gasteiger partial charge in [0.1, 0.15) is 5.67 Å². The first kappa shape index (κ1) is 9.84. The van der Waals surface area contributed by atoms with Gasteiger partial charge >= 0.3 is 0 Å². The maximum atomic E-state index is 13.3. The largest absolute Gasteiger partial charge is 0.362 e. The first-order valence-electron chi connectivity index (χ1n) is 4.84. The second-order valence-electron chi connectivity index (χ2n) is 4.05. The highest BCUT2D eigenvalue weighted by molar-refractivity contribution is 6.29. The molecule has 1 fully saturated rings.